The van der Waals surface area contributed by atoms with Gasteiger partial charge in [0.05, 0.1) is 11.0 Å². The fourth-order valence-electron chi connectivity index (χ4n) is 5.87. The van der Waals surface area contributed by atoms with Gasteiger partial charge in [-0.2, -0.15) is 0 Å². The molecule has 0 fully saturated rings. The molecule has 0 atom stereocenters. The predicted molar refractivity (Wildman–Crippen MR) is 205 cm³/mol. The van der Waals surface area contributed by atoms with E-state index in [1.807, 2.05) is 24.5 Å². The van der Waals surface area contributed by atoms with Gasteiger partial charge < -0.3 is 9.97 Å². The van der Waals surface area contributed by atoms with Crippen LogP contribution in [0.5, 0.6) is 0 Å². The first kappa shape index (κ1) is 38.3. The van der Waals surface area contributed by atoms with Crippen LogP contribution in [0.2, 0.25) is 0 Å². The van der Waals surface area contributed by atoms with E-state index in [9.17, 15) is 17.6 Å². The molecule has 5 aromatic carbocycles. The summed E-state index contributed by atoms with van der Waals surface area (Å²) in [7, 11) is 0. The Morgan fingerprint density at radius 3 is 1.16 bits per heavy atom. The van der Waals surface area contributed by atoms with Crippen molar-refractivity contribution < 1.29 is 37.7 Å². The molecule has 1 radical (unpaired) electrons. The summed E-state index contributed by atoms with van der Waals surface area (Å²) < 4.78 is 51.6. The third-order valence-corrected chi connectivity index (χ3v) is 8.35. The van der Waals surface area contributed by atoms with Gasteiger partial charge in [-0.15, -0.1) is 24.3 Å². The number of aromatic nitrogens is 4. The first-order chi connectivity index (χ1) is 26.5. The van der Waals surface area contributed by atoms with Crippen LogP contribution < -0.4 is 0 Å². The summed E-state index contributed by atoms with van der Waals surface area (Å²) in [5, 5.41) is 2.26. The minimum Gasteiger partial charge on any atom is -0.305 e. The largest absolute Gasteiger partial charge is 0.305 e. The molecule has 0 aliphatic carbocycles. The molecule has 9 aromatic rings. The maximum absolute atomic E-state index is 13.2. The van der Waals surface area contributed by atoms with Crippen molar-refractivity contribution >= 4 is 21.8 Å². The molecule has 4 heterocycles. The van der Waals surface area contributed by atoms with Gasteiger partial charge in [-0.25, -0.2) is 0 Å². The van der Waals surface area contributed by atoms with Crippen molar-refractivity contribution in [2.75, 3.05) is 0 Å². The standard InChI is InChI=1S/C24H16N2.2C11H6F2N.Ir/c1-3-7-17(8-4-1)19-13-15-25-23-21(19)11-12-22-20(14-16-26-24(22)23)18-9-5-2-6-10-18;2*12-8-4-5-9(10(13)7-8)11-3-1-2-6-14-11;/h1-16H;2*1-4,6-7H;/q;2*-1;. The summed E-state index contributed by atoms with van der Waals surface area (Å²) in [6.07, 6.45) is 6.85. The molecule has 0 aliphatic heterocycles. The summed E-state index contributed by atoms with van der Waals surface area (Å²) >= 11 is 0. The van der Waals surface area contributed by atoms with Crippen LogP contribution >= 0.6 is 0 Å². The summed E-state index contributed by atoms with van der Waals surface area (Å²) in [6.45, 7) is 0. The maximum atomic E-state index is 13.2. The molecule has 9 heteroatoms. The number of rotatable bonds is 4. The van der Waals surface area contributed by atoms with E-state index in [1.165, 1.54) is 22.3 Å². The van der Waals surface area contributed by atoms with E-state index >= 15 is 0 Å². The van der Waals surface area contributed by atoms with Gasteiger partial charge in [0, 0.05) is 78.9 Å². The molecular weight excluding hydrogens is 877 g/mol. The van der Waals surface area contributed by atoms with Crippen molar-refractivity contribution in [1.82, 2.24) is 19.9 Å². The fourth-order valence-corrected chi connectivity index (χ4v) is 5.87. The van der Waals surface area contributed by atoms with Gasteiger partial charge in [-0.3, -0.25) is 27.5 Å². The third-order valence-electron chi connectivity index (χ3n) is 8.35. The van der Waals surface area contributed by atoms with Crippen molar-refractivity contribution in [1.29, 1.82) is 0 Å². The number of halogens is 4. The zero-order valence-electron chi connectivity index (χ0n) is 28.8. The van der Waals surface area contributed by atoms with Crippen molar-refractivity contribution in [2.24, 2.45) is 0 Å². The minimum atomic E-state index is -0.649. The van der Waals surface area contributed by atoms with Gasteiger partial charge in [0.2, 0.25) is 0 Å². The summed E-state index contributed by atoms with van der Waals surface area (Å²) in [5.41, 5.74) is 7.92. The number of pyridine rings is 4. The second kappa shape index (κ2) is 18.1. The second-order valence-electron chi connectivity index (χ2n) is 11.8. The van der Waals surface area contributed by atoms with E-state index in [-0.39, 0.29) is 31.2 Å². The Morgan fingerprint density at radius 2 is 0.800 bits per heavy atom. The van der Waals surface area contributed by atoms with E-state index in [2.05, 4.69) is 105 Å². The predicted octanol–water partition coefficient (Wildman–Crippen LogP) is 11.8. The molecule has 4 nitrogen and oxygen atoms in total. The number of hydrogen-bond acceptors (Lipinski definition) is 4. The van der Waals surface area contributed by atoms with Crippen molar-refractivity contribution in [3.63, 3.8) is 0 Å². The van der Waals surface area contributed by atoms with Gasteiger partial charge >= 0.3 is 0 Å². The Kier molecular flexibility index (Phi) is 12.6. The van der Waals surface area contributed by atoms with E-state index < -0.39 is 23.3 Å². The van der Waals surface area contributed by atoms with Crippen LogP contribution in [0.25, 0.3) is 66.6 Å². The average Bonchev–Trinajstić information content (AvgIpc) is 3.22. The number of nitrogens with zero attached hydrogens (tertiary/aromatic N) is 4. The molecule has 55 heavy (non-hydrogen) atoms. The Balaban J connectivity index is 0.000000151. The molecule has 0 unspecified atom stereocenters. The van der Waals surface area contributed by atoms with Gasteiger partial charge in [-0.1, -0.05) is 120 Å². The molecule has 0 aliphatic rings. The van der Waals surface area contributed by atoms with Crippen LogP contribution in [-0.2, 0) is 20.1 Å². The SMILES string of the molecule is Fc1c[c-]c(-c2ccccn2)c(F)c1.Fc1c[c-]c(-c2ccccn2)c(F)c1.[Ir].c1ccc(-c2ccnc3c2ccc2c(-c4ccccc4)ccnc23)cc1. The molecule has 9 rings (SSSR count). The molecule has 0 bridgehead atoms. The molecular formula is C46H28F4IrN4-2. The Labute approximate surface area is 328 Å². The molecule has 0 saturated heterocycles. The minimum absolute atomic E-state index is 0. The molecule has 0 amide bonds. The van der Waals surface area contributed by atoms with Crippen molar-refractivity contribution in [2.45, 2.75) is 0 Å². The van der Waals surface area contributed by atoms with Crippen molar-refractivity contribution in [3.8, 4) is 44.8 Å². The monoisotopic (exact) mass is 905 g/mol. The molecule has 0 saturated carbocycles. The van der Waals surface area contributed by atoms with E-state index in [0.29, 0.717) is 11.4 Å². The topological polar surface area (TPSA) is 51.6 Å². The van der Waals surface area contributed by atoms with E-state index in [0.717, 1.165) is 46.1 Å². The molecule has 0 N–H and O–H groups in total. The number of hydrogen-bond donors (Lipinski definition) is 0. The second-order valence-corrected chi connectivity index (χ2v) is 11.8. The number of benzene rings is 5. The van der Waals surface area contributed by atoms with E-state index in [4.69, 9.17) is 0 Å². The Morgan fingerprint density at radius 1 is 0.400 bits per heavy atom. The zero-order chi connectivity index (χ0) is 37.3. The van der Waals surface area contributed by atoms with Crippen LogP contribution in [-0.4, -0.2) is 19.9 Å². The normalized spacial score (nSPS) is 10.4. The Hall–Kier alpha value is -6.41. The first-order valence-corrected chi connectivity index (χ1v) is 16.8. The van der Waals surface area contributed by atoms with Gasteiger partial charge in [-0.05, 0) is 57.9 Å². The summed E-state index contributed by atoms with van der Waals surface area (Å²) in [6, 6.07) is 48.4. The first-order valence-electron chi connectivity index (χ1n) is 16.8. The molecule has 4 aromatic heterocycles. The summed E-state index contributed by atoms with van der Waals surface area (Å²) in [5.74, 6) is -2.57. The maximum Gasteiger partial charge on any atom is 0.0970 e. The Bertz CT molecular complexity index is 2460. The van der Waals surface area contributed by atoms with Crippen LogP contribution in [0.15, 0.2) is 170 Å². The quantitative estimate of drug-likeness (QED) is 0.100. The van der Waals surface area contributed by atoms with Crippen LogP contribution in [0.4, 0.5) is 17.6 Å². The van der Waals surface area contributed by atoms with Crippen LogP contribution in [0.3, 0.4) is 0 Å². The van der Waals surface area contributed by atoms with Gasteiger partial charge in [0.1, 0.15) is 0 Å². The van der Waals surface area contributed by atoms with Crippen LogP contribution in [0.1, 0.15) is 0 Å². The smallest absolute Gasteiger partial charge is 0.0970 e. The van der Waals surface area contributed by atoms with Crippen LogP contribution in [0, 0.1) is 35.4 Å². The molecule has 0 spiro atoms. The summed E-state index contributed by atoms with van der Waals surface area (Å²) in [4.78, 5) is 17.2. The van der Waals surface area contributed by atoms with Gasteiger partial charge in [0.15, 0.2) is 0 Å². The average molecular weight is 905 g/mol. The number of fused-ring (bicyclic) bond motifs is 3. The fraction of sp³-hybridized carbons (Fsp3) is 0. The third kappa shape index (κ3) is 9.04. The van der Waals surface area contributed by atoms with Gasteiger partial charge in [0.25, 0.3) is 0 Å². The van der Waals surface area contributed by atoms with E-state index in [1.54, 1.807) is 48.8 Å². The zero-order valence-corrected chi connectivity index (χ0v) is 31.2. The van der Waals surface area contributed by atoms with Crippen molar-refractivity contribution in [3.05, 3.63) is 206 Å². The molecule has 271 valence electrons.